The van der Waals surface area contributed by atoms with E-state index in [0.717, 1.165) is 11.1 Å². The minimum atomic E-state index is -0.611. The molecule has 1 aliphatic heterocycles. The standard InChI is InChI=1S/C16H13Cl2NO4/c17-11-1-2-14(13(5-11)16(19)20)22-7-10-4-12(18)3-9-6-21-8-23-15(9)10/h1-5H,6-8H2,(H2,19,20). The summed E-state index contributed by atoms with van der Waals surface area (Å²) in [5.74, 6) is 0.429. The Morgan fingerprint density at radius 1 is 1.22 bits per heavy atom. The van der Waals surface area contributed by atoms with Crippen molar-refractivity contribution in [3.8, 4) is 11.5 Å². The molecular formula is C16H13Cl2NO4. The van der Waals surface area contributed by atoms with Crippen molar-refractivity contribution in [3.05, 3.63) is 57.1 Å². The van der Waals surface area contributed by atoms with Gasteiger partial charge in [-0.2, -0.15) is 0 Å². The molecule has 120 valence electrons. The highest BCUT2D eigenvalue weighted by Crippen LogP contribution is 2.33. The fraction of sp³-hybridized carbons (Fsp3) is 0.188. The van der Waals surface area contributed by atoms with Crippen LogP contribution in [0.2, 0.25) is 10.0 Å². The summed E-state index contributed by atoms with van der Waals surface area (Å²) in [7, 11) is 0. The third kappa shape index (κ3) is 3.52. The molecule has 0 spiro atoms. The SMILES string of the molecule is NC(=O)c1cc(Cl)ccc1OCc1cc(Cl)cc2c1OCOC2. The van der Waals surface area contributed by atoms with Gasteiger partial charge in [-0.05, 0) is 30.3 Å². The quantitative estimate of drug-likeness (QED) is 0.912. The molecule has 1 aliphatic rings. The third-order valence-corrected chi connectivity index (χ3v) is 3.80. The number of benzene rings is 2. The molecule has 0 saturated heterocycles. The summed E-state index contributed by atoms with van der Waals surface area (Å²) in [6.07, 6.45) is 0. The second-order valence-corrected chi connectivity index (χ2v) is 5.83. The molecule has 3 rings (SSSR count). The first kappa shape index (κ1) is 15.9. The highest BCUT2D eigenvalue weighted by Gasteiger charge is 2.18. The Morgan fingerprint density at radius 2 is 2.04 bits per heavy atom. The molecule has 0 unspecified atom stereocenters. The second-order valence-electron chi connectivity index (χ2n) is 4.96. The highest BCUT2D eigenvalue weighted by molar-refractivity contribution is 6.31. The second kappa shape index (κ2) is 6.66. The Kier molecular flexibility index (Phi) is 4.61. The van der Waals surface area contributed by atoms with Gasteiger partial charge in [0.1, 0.15) is 18.1 Å². The number of primary amides is 1. The Balaban J connectivity index is 1.87. The van der Waals surface area contributed by atoms with Gasteiger partial charge in [-0.3, -0.25) is 4.79 Å². The number of halogens is 2. The zero-order valence-corrected chi connectivity index (χ0v) is 13.5. The number of carbonyl (C=O) groups excluding carboxylic acids is 1. The number of carbonyl (C=O) groups is 1. The molecule has 5 nitrogen and oxygen atoms in total. The molecular weight excluding hydrogens is 341 g/mol. The monoisotopic (exact) mass is 353 g/mol. The number of amides is 1. The Hall–Kier alpha value is -1.95. The van der Waals surface area contributed by atoms with Crippen LogP contribution < -0.4 is 15.2 Å². The van der Waals surface area contributed by atoms with E-state index < -0.39 is 5.91 Å². The lowest BCUT2D eigenvalue weighted by Gasteiger charge is -2.21. The van der Waals surface area contributed by atoms with Gasteiger partial charge in [-0.25, -0.2) is 0 Å². The van der Waals surface area contributed by atoms with E-state index in [4.69, 9.17) is 43.1 Å². The lowest BCUT2D eigenvalue weighted by Crippen LogP contribution is -2.15. The van der Waals surface area contributed by atoms with Gasteiger partial charge in [0, 0.05) is 21.2 Å². The van der Waals surface area contributed by atoms with Crippen LogP contribution in [-0.4, -0.2) is 12.7 Å². The fourth-order valence-corrected chi connectivity index (χ4v) is 2.78. The van der Waals surface area contributed by atoms with Gasteiger partial charge in [-0.1, -0.05) is 23.2 Å². The number of fused-ring (bicyclic) bond motifs is 1. The summed E-state index contributed by atoms with van der Waals surface area (Å²) in [5, 5.41) is 0.967. The van der Waals surface area contributed by atoms with E-state index in [0.29, 0.717) is 28.2 Å². The molecule has 7 heteroatoms. The summed E-state index contributed by atoms with van der Waals surface area (Å²) in [6, 6.07) is 8.24. The zero-order chi connectivity index (χ0) is 16.4. The molecule has 0 radical (unpaired) electrons. The van der Waals surface area contributed by atoms with Crippen molar-refractivity contribution in [2.24, 2.45) is 5.73 Å². The summed E-state index contributed by atoms with van der Waals surface area (Å²) in [4.78, 5) is 11.5. The van der Waals surface area contributed by atoms with Crippen molar-refractivity contribution in [3.63, 3.8) is 0 Å². The topological polar surface area (TPSA) is 70.8 Å². The number of ether oxygens (including phenoxy) is 3. The van der Waals surface area contributed by atoms with Crippen LogP contribution in [-0.2, 0) is 18.0 Å². The van der Waals surface area contributed by atoms with E-state index in [1.807, 2.05) is 0 Å². The number of hydrogen-bond donors (Lipinski definition) is 1. The maximum Gasteiger partial charge on any atom is 0.252 e. The largest absolute Gasteiger partial charge is 0.488 e. The maximum atomic E-state index is 11.5. The van der Waals surface area contributed by atoms with Crippen LogP contribution in [0, 0.1) is 0 Å². The average molecular weight is 354 g/mol. The van der Waals surface area contributed by atoms with E-state index in [9.17, 15) is 4.79 Å². The van der Waals surface area contributed by atoms with E-state index in [2.05, 4.69) is 0 Å². The first-order valence-electron chi connectivity index (χ1n) is 6.78. The maximum absolute atomic E-state index is 11.5. The van der Waals surface area contributed by atoms with Gasteiger partial charge in [0.25, 0.3) is 5.91 Å². The van der Waals surface area contributed by atoms with Crippen molar-refractivity contribution in [2.75, 3.05) is 6.79 Å². The van der Waals surface area contributed by atoms with E-state index in [1.165, 1.54) is 6.07 Å². The summed E-state index contributed by atoms with van der Waals surface area (Å²) in [5.41, 5.74) is 7.19. The van der Waals surface area contributed by atoms with Gasteiger partial charge in [-0.15, -0.1) is 0 Å². The first-order valence-corrected chi connectivity index (χ1v) is 7.54. The smallest absolute Gasteiger partial charge is 0.252 e. The molecule has 0 fully saturated rings. The van der Waals surface area contributed by atoms with Crippen molar-refractivity contribution >= 4 is 29.1 Å². The molecule has 0 aromatic heterocycles. The number of hydrogen-bond acceptors (Lipinski definition) is 4. The van der Waals surface area contributed by atoms with Gasteiger partial charge < -0.3 is 19.9 Å². The predicted molar refractivity (Wildman–Crippen MR) is 86.0 cm³/mol. The zero-order valence-electron chi connectivity index (χ0n) is 12.0. The molecule has 0 aliphatic carbocycles. The van der Waals surface area contributed by atoms with Gasteiger partial charge >= 0.3 is 0 Å². The summed E-state index contributed by atoms with van der Waals surface area (Å²) in [6.45, 7) is 0.774. The van der Waals surface area contributed by atoms with Crippen LogP contribution in [0.25, 0.3) is 0 Å². The Morgan fingerprint density at radius 3 is 2.83 bits per heavy atom. The minimum Gasteiger partial charge on any atom is -0.488 e. The van der Waals surface area contributed by atoms with Crippen molar-refractivity contribution in [2.45, 2.75) is 13.2 Å². The lowest BCUT2D eigenvalue weighted by molar-refractivity contribution is -0.0175. The molecule has 1 heterocycles. The minimum absolute atomic E-state index is 0.171. The normalized spacial score (nSPS) is 13.1. The van der Waals surface area contributed by atoms with Crippen molar-refractivity contribution in [1.82, 2.24) is 0 Å². The lowest BCUT2D eigenvalue weighted by atomic mass is 10.1. The molecule has 0 atom stereocenters. The van der Waals surface area contributed by atoms with E-state index in [1.54, 1.807) is 24.3 Å². The van der Waals surface area contributed by atoms with Gasteiger partial charge in [0.05, 0.1) is 12.2 Å². The predicted octanol–water partition coefficient (Wildman–Crippen LogP) is 3.54. The van der Waals surface area contributed by atoms with Crippen LogP contribution in [0.5, 0.6) is 11.5 Å². The molecule has 0 saturated carbocycles. The van der Waals surface area contributed by atoms with E-state index in [-0.39, 0.29) is 19.0 Å². The highest BCUT2D eigenvalue weighted by atomic mass is 35.5. The molecule has 1 amide bonds. The van der Waals surface area contributed by atoms with Crippen LogP contribution >= 0.6 is 23.2 Å². The Bertz CT molecular complexity index is 764. The third-order valence-electron chi connectivity index (χ3n) is 3.34. The number of nitrogens with two attached hydrogens (primary N) is 1. The first-order chi connectivity index (χ1) is 11.0. The average Bonchev–Trinajstić information content (AvgIpc) is 2.53. The van der Waals surface area contributed by atoms with Crippen LogP contribution in [0.15, 0.2) is 30.3 Å². The molecule has 2 N–H and O–H groups in total. The number of rotatable bonds is 4. The molecule has 23 heavy (non-hydrogen) atoms. The molecule has 2 aromatic rings. The van der Waals surface area contributed by atoms with Crippen LogP contribution in [0.1, 0.15) is 21.5 Å². The summed E-state index contributed by atoms with van der Waals surface area (Å²) < 4.78 is 16.5. The Labute approximate surface area is 142 Å². The van der Waals surface area contributed by atoms with E-state index >= 15 is 0 Å². The van der Waals surface area contributed by atoms with Crippen LogP contribution in [0.4, 0.5) is 0 Å². The van der Waals surface area contributed by atoms with Crippen LogP contribution in [0.3, 0.4) is 0 Å². The molecule has 2 aromatic carbocycles. The fourth-order valence-electron chi connectivity index (χ4n) is 2.34. The van der Waals surface area contributed by atoms with Gasteiger partial charge in [0.2, 0.25) is 0 Å². The van der Waals surface area contributed by atoms with Crippen molar-refractivity contribution in [1.29, 1.82) is 0 Å². The summed E-state index contributed by atoms with van der Waals surface area (Å²) >= 11 is 12.0. The molecule has 0 bridgehead atoms. The van der Waals surface area contributed by atoms with Gasteiger partial charge in [0.15, 0.2) is 6.79 Å². The van der Waals surface area contributed by atoms with Crippen molar-refractivity contribution < 1.29 is 19.0 Å².